The van der Waals surface area contributed by atoms with Crippen LogP contribution < -0.4 is 0 Å². The molecule has 25 heavy (non-hydrogen) atoms. The molecule has 0 aliphatic heterocycles. The van der Waals surface area contributed by atoms with E-state index in [1.807, 2.05) is 31.2 Å². The van der Waals surface area contributed by atoms with Crippen molar-refractivity contribution >= 4 is 12.0 Å². The average Bonchev–Trinajstić information content (AvgIpc) is 3.07. The van der Waals surface area contributed by atoms with Gasteiger partial charge >= 0.3 is 5.97 Å². The predicted molar refractivity (Wildman–Crippen MR) is 89.7 cm³/mol. The summed E-state index contributed by atoms with van der Waals surface area (Å²) in [6.45, 7) is 1.83. The van der Waals surface area contributed by atoms with E-state index in [-0.39, 0.29) is 18.3 Å². The first-order valence-electron chi connectivity index (χ1n) is 7.60. The van der Waals surface area contributed by atoms with Crippen LogP contribution >= 0.6 is 0 Å². The van der Waals surface area contributed by atoms with Crippen molar-refractivity contribution in [1.29, 1.82) is 0 Å². The lowest BCUT2D eigenvalue weighted by Gasteiger charge is -1.98. The zero-order valence-corrected chi connectivity index (χ0v) is 13.5. The lowest BCUT2D eigenvalue weighted by molar-refractivity contribution is -0.139. The molecule has 0 aliphatic rings. The monoisotopic (exact) mass is 338 g/mol. The second-order valence-electron chi connectivity index (χ2n) is 5.37. The molecule has 0 saturated carbocycles. The molecule has 2 aromatic carbocycles. The first-order valence-corrected chi connectivity index (χ1v) is 7.60. The van der Waals surface area contributed by atoms with Crippen molar-refractivity contribution < 1.29 is 18.3 Å². The Bertz CT molecular complexity index is 918. The molecule has 0 amide bonds. The second-order valence-corrected chi connectivity index (χ2v) is 5.37. The molecule has 0 atom stereocenters. The Morgan fingerprint density at radius 2 is 2.04 bits per heavy atom. The molecule has 0 aliphatic carbocycles. The lowest BCUT2D eigenvalue weighted by Crippen LogP contribution is -2.00. The van der Waals surface area contributed by atoms with Gasteiger partial charge in [0, 0.05) is 11.6 Å². The van der Waals surface area contributed by atoms with Gasteiger partial charge in [0.1, 0.15) is 5.82 Å². The number of aromatic nitrogens is 2. The molecule has 5 nitrogen and oxygen atoms in total. The summed E-state index contributed by atoms with van der Waals surface area (Å²) >= 11 is 0. The van der Waals surface area contributed by atoms with Crippen molar-refractivity contribution in [2.45, 2.75) is 13.5 Å². The van der Waals surface area contributed by atoms with Gasteiger partial charge in [-0.1, -0.05) is 29.8 Å². The number of nitrogens with zero attached hydrogens (tertiary/aromatic N) is 2. The van der Waals surface area contributed by atoms with Gasteiger partial charge in [-0.2, -0.15) is 0 Å². The smallest absolute Gasteiger partial charge is 0.331 e. The third-order valence-corrected chi connectivity index (χ3v) is 3.33. The zero-order valence-electron chi connectivity index (χ0n) is 13.5. The highest BCUT2D eigenvalue weighted by Crippen LogP contribution is 2.19. The van der Waals surface area contributed by atoms with Crippen LogP contribution in [0.4, 0.5) is 4.39 Å². The molecule has 0 unspecified atom stereocenters. The van der Waals surface area contributed by atoms with Crippen LogP contribution in [-0.2, 0) is 16.1 Å². The highest BCUT2D eigenvalue weighted by atomic mass is 19.1. The van der Waals surface area contributed by atoms with Crippen molar-refractivity contribution in [3.63, 3.8) is 0 Å². The van der Waals surface area contributed by atoms with E-state index in [1.54, 1.807) is 12.1 Å². The van der Waals surface area contributed by atoms with Gasteiger partial charge in [-0.05, 0) is 42.8 Å². The molecule has 126 valence electrons. The average molecular weight is 338 g/mol. The number of carbonyl (C=O) groups excluding carboxylic acids is 1. The fourth-order valence-electron chi connectivity index (χ4n) is 2.16. The van der Waals surface area contributed by atoms with Crippen LogP contribution in [0.1, 0.15) is 17.0 Å². The van der Waals surface area contributed by atoms with Crippen LogP contribution in [0.25, 0.3) is 17.5 Å². The van der Waals surface area contributed by atoms with Gasteiger partial charge in [-0.25, -0.2) is 9.18 Å². The van der Waals surface area contributed by atoms with Crippen molar-refractivity contribution in [2.75, 3.05) is 0 Å². The highest BCUT2D eigenvalue weighted by Gasteiger charge is 2.10. The molecule has 0 N–H and O–H groups in total. The van der Waals surface area contributed by atoms with Gasteiger partial charge in [-0.3, -0.25) is 0 Å². The first-order chi connectivity index (χ1) is 12.1. The number of benzene rings is 2. The van der Waals surface area contributed by atoms with Crippen LogP contribution in [0.2, 0.25) is 0 Å². The Kier molecular flexibility index (Phi) is 4.99. The number of hydrogen-bond donors (Lipinski definition) is 0. The quantitative estimate of drug-likeness (QED) is 0.521. The molecule has 0 spiro atoms. The molecular formula is C19H15FN2O3. The van der Waals surface area contributed by atoms with Crippen molar-refractivity contribution in [2.24, 2.45) is 0 Å². The van der Waals surface area contributed by atoms with Crippen molar-refractivity contribution in [3.8, 4) is 11.5 Å². The minimum absolute atomic E-state index is 0.134. The molecule has 6 heteroatoms. The summed E-state index contributed by atoms with van der Waals surface area (Å²) in [6, 6.07) is 13.5. The molecule has 3 aromatic rings. The Morgan fingerprint density at radius 1 is 1.20 bits per heavy atom. The van der Waals surface area contributed by atoms with Gasteiger partial charge < -0.3 is 9.15 Å². The minimum Gasteiger partial charge on any atom is -0.452 e. The van der Waals surface area contributed by atoms with Gasteiger partial charge in [0.25, 0.3) is 5.89 Å². The lowest BCUT2D eigenvalue weighted by atomic mass is 10.1. The summed E-state index contributed by atoms with van der Waals surface area (Å²) in [7, 11) is 0. The minimum atomic E-state index is -0.584. The summed E-state index contributed by atoms with van der Waals surface area (Å²) in [6.07, 6.45) is 2.68. The number of rotatable bonds is 5. The van der Waals surface area contributed by atoms with E-state index in [9.17, 15) is 9.18 Å². The van der Waals surface area contributed by atoms with Crippen LogP contribution in [0.15, 0.2) is 59.0 Å². The van der Waals surface area contributed by atoms with E-state index in [0.29, 0.717) is 11.5 Å². The molecule has 0 fully saturated rings. The number of aryl methyl sites for hydroxylation is 1. The standard InChI is InChI=1S/C19H15FN2O3/c1-13-4-2-6-15(10-13)19-22-21-17(25-19)12-24-18(23)9-8-14-5-3-7-16(20)11-14/h2-11H,12H2,1H3/b9-8+. The van der Waals surface area contributed by atoms with Crippen molar-refractivity contribution in [1.82, 2.24) is 10.2 Å². The number of hydrogen-bond acceptors (Lipinski definition) is 5. The maximum atomic E-state index is 13.1. The van der Waals surface area contributed by atoms with E-state index in [1.165, 1.54) is 24.3 Å². The second kappa shape index (κ2) is 7.53. The summed E-state index contributed by atoms with van der Waals surface area (Å²) < 4.78 is 23.6. The number of halogens is 1. The normalized spacial score (nSPS) is 11.0. The van der Waals surface area contributed by atoms with E-state index < -0.39 is 5.97 Å². The first kappa shape index (κ1) is 16.6. The van der Waals surface area contributed by atoms with Gasteiger partial charge in [0.15, 0.2) is 6.61 Å². The third-order valence-electron chi connectivity index (χ3n) is 3.33. The van der Waals surface area contributed by atoms with Crippen LogP contribution in [0, 0.1) is 12.7 Å². The van der Waals surface area contributed by atoms with Crippen LogP contribution in [0.3, 0.4) is 0 Å². The maximum Gasteiger partial charge on any atom is 0.331 e. The fraction of sp³-hybridized carbons (Fsp3) is 0.105. The van der Waals surface area contributed by atoms with E-state index in [2.05, 4.69) is 10.2 Å². The van der Waals surface area contributed by atoms with Crippen LogP contribution in [-0.4, -0.2) is 16.2 Å². The maximum absolute atomic E-state index is 13.1. The van der Waals surface area contributed by atoms with Crippen LogP contribution in [0.5, 0.6) is 0 Å². The number of carbonyl (C=O) groups is 1. The largest absolute Gasteiger partial charge is 0.452 e. The highest BCUT2D eigenvalue weighted by molar-refractivity contribution is 5.86. The number of esters is 1. The number of ether oxygens (including phenoxy) is 1. The molecule has 3 rings (SSSR count). The Labute approximate surface area is 143 Å². The van der Waals surface area contributed by atoms with Crippen molar-refractivity contribution in [3.05, 3.63) is 77.4 Å². The zero-order chi connectivity index (χ0) is 17.6. The summed E-state index contributed by atoms with van der Waals surface area (Å²) in [5.41, 5.74) is 2.44. The summed E-state index contributed by atoms with van der Waals surface area (Å²) in [5.74, 6) is -0.390. The van der Waals surface area contributed by atoms with Gasteiger partial charge in [0.2, 0.25) is 5.89 Å². The molecule has 1 heterocycles. The fourth-order valence-corrected chi connectivity index (χ4v) is 2.16. The Morgan fingerprint density at radius 3 is 2.84 bits per heavy atom. The van der Waals surface area contributed by atoms with E-state index in [0.717, 1.165) is 11.1 Å². The van der Waals surface area contributed by atoms with Gasteiger partial charge in [-0.15, -0.1) is 10.2 Å². The molecule has 0 saturated heterocycles. The molecule has 0 bridgehead atoms. The SMILES string of the molecule is Cc1cccc(-c2nnc(COC(=O)/C=C/c3cccc(F)c3)o2)c1. The Balaban J connectivity index is 1.58. The molecular weight excluding hydrogens is 323 g/mol. The topological polar surface area (TPSA) is 65.2 Å². The summed E-state index contributed by atoms with van der Waals surface area (Å²) in [4.78, 5) is 11.7. The van der Waals surface area contributed by atoms with E-state index >= 15 is 0 Å². The Hall–Kier alpha value is -3.28. The molecule has 1 aromatic heterocycles. The van der Waals surface area contributed by atoms with E-state index in [4.69, 9.17) is 9.15 Å². The molecule has 0 radical (unpaired) electrons. The van der Waals surface area contributed by atoms with Gasteiger partial charge in [0.05, 0.1) is 0 Å². The third kappa shape index (κ3) is 4.60. The summed E-state index contributed by atoms with van der Waals surface area (Å²) in [5, 5.41) is 7.80. The predicted octanol–water partition coefficient (Wildman–Crippen LogP) is 3.94.